The number of benzene rings is 1. The van der Waals surface area contributed by atoms with Crippen LogP contribution in [-0.4, -0.2) is 45.0 Å². The first kappa shape index (κ1) is 24.8. The number of carbonyl (C=O) groups excluding carboxylic acids is 1. The van der Waals surface area contributed by atoms with Crippen molar-refractivity contribution in [3.63, 3.8) is 0 Å². The third-order valence-electron chi connectivity index (χ3n) is 5.59. The summed E-state index contributed by atoms with van der Waals surface area (Å²) in [6.07, 6.45) is 3.74. The topological polar surface area (TPSA) is 140 Å². The molecule has 0 fully saturated rings. The summed E-state index contributed by atoms with van der Waals surface area (Å²) in [5, 5.41) is 19.6. The fourth-order valence-electron chi connectivity index (χ4n) is 4.18. The first-order chi connectivity index (χ1) is 17.1. The number of fused-ring (bicyclic) bond motifs is 3. The van der Waals surface area contributed by atoms with Gasteiger partial charge in [0.15, 0.2) is 6.19 Å². The van der Waals surface area contributed by atoms with Gasteiger partial charge in [0, 0.05) is 24.0 Å². The zero-order valence-electron chi connectivity index (χ0n) is 21.2. The Morgan fingerprint density at radius 1 is 1.25 bits per heavy atom. The molecule has 1 aromatic carbocycles. The van der Waals surface area contributed by atoms with Gasteiger partial charge in [0.2, 0.25) is 5.95 Å². The van der Waals surface area contributed by atoms with Crippen LogP contribution in [0.4, 0.5) is 10.7 Å². The number of alkyl carbamates (subject to hydrolysis) is 1. The van der Waals surface area contributed by atoms with Crippen molar-refractivity contribution in [1.29, 1.82) is 5.26 Å². The predicted octanol–water partition coefficient (Wildman–Crippen LogP) is 4.67. The quantitative estimate of drug-likeness (QED) is 0.214. The average molecular weight is 492 g/mol. The van der Waals surface area contributed by atoms with Crippen molar-refractivity contribution in [1.82, 2.24) is 25.0 Å². The summed E-state index contributed by atoms with van der Waals surface area (Å²) in [5.74, 6) is 1.72. The van der Waals surface area contributed by atoms with Gasteiger partial charge in [0.05, 0.1) is 35.6 Å². The Labute approximate surface area is 208 Å². The minimum Gasteiger partial charge on any atom is -0.496 e. The van der Waals surface area contributed by atoms with Gasteiger partial charge in [-0.15, -0.1) is 0 Å². The van der Waals surface area contributed by atoms with Crippen molar-refractivity contribution in [2.24, 2.45) is 0 Å². The Kier molecular flexibility index (Phi) is 6.70. The Balaban J connectivity index is 1.73. The number of nitriles is 1. The molecule has 0 aliphatic heterocycles. The van der Waals surface area contributed by atoms with E-state index in [1.165, 1.54) is 0 Å². The number of amides is 1. The number of rotatable bonds is 7. The Morgan fingerprint density at radius 2 is 2.03 bits per heavy atom. The third kappa shape index (κ3) is 4.88. The van der Waals surface area contributed by atoms with Crippen molar-refractivity contribution in [2.75, 3.05) is 19.0 Å². The average Bonchev–Trinajstić information content (AvgIpc) is 3.33. The summed E-state index contributed by atoms with van der Waals surface area (Å²) in [7, 11) is 1.61. The largest absolute Gasteiger partial charge is 0.496 e. The number of hydrogen-bond donors (Lipinski definition) is 2. The number of nitrogens with zero attached hydrogens (tertiary/aromatic N) is 5. The van der Waals surface area contributed by atoms with E-state index in [1.54, 1.807) is 13.3 Å². The highest BCUT2D eigenvalue weighted by Crippen LogP contribution is 2.39. The van der Waals surface area contributed by atoms with Crippen molar-refractivity contribution in [3.8, 4) is 23.1 Å². The van der Waals surface area contributed by atoms with Gasteiger partial charge < -0.3 is 23.9 Å². The lowest BCUT2D eigenvalue weighted by Crippen LogP contribution is -2.33. The molecule has 3 aromatic heterocycles. The lowest BCUT2D eigenvalue weighted by molar-refractivity contribution is 0.0527. The molecule has 1 amide bonds. The van der Waals surface area contributed by atoms with E-state index in [0.29, 0.717) is 42.5 Å². The highest BCUT2D eigenvalue weighted by atomic mass is 16.6. The van der Waals surface area contributed by atoms with E-state index in [2.05, 4.69) is 25.8 Å². The van der Waals surface area contributed by atoms with E-state index in [0.717, 1.165) is 33.2 Å². The molecule has 188 valence electrons. The number of imidazole rings is 1. The molecule has 0 saturated heterocycles. The van der Waals surface area contributed by atoms with E-state index in [1.807, 2.05) is 57.5 Å². The monoisotopic (exact) mass is 491 g/mol. The van der Waals surface area contributed by atoms with E-state index in [-0.39, 0.29) is 0 Å². The lowest BCUT2D eigenvalue weighted by atomic mass is 10.0. The van der Waals surface area contributed by atoms with Crippen LogP contribution in [0, 0.1) is 25.3 Å². The normalized spacial score (nSPS) is 11.5. The zero-order chi connectivity index (χ0) is 26.0. The molecular formula is C25H29N7O4. The molecule has 36 heavy (non-hydrogen) atoms. The van der Waals surface area contributed by atoms with Gasteiger partial charge in [-0.05, 0) is 53.2 Å². The summed E-state index contributed by atoms with van der Waals surface area (Å²) in [4.78, 5) is 21.2. The number of nitrogens with one attached hydrogen (secondary N) is 2. The summed E-state index contributed by atoms with van der Waals surface area (Å²) < 4.78 is 18.3. The van der Waals surface area contributed by atoms with Crippen LogP contribution in [-0.2, 0) is 11.3 Å². The highest BCUT2D eigenvalue weighted by molar-refractivity contribution is 6.05. The standard InChI is InChI=1S/C25H29N7O4/c1-14-21(15(2)36-31-14)17-10-18-16(11-20(17)34-6)22-19(12-28-18)30-23(29-13-26)32(22)9-7-8-27-24(33)35-25(3,4)5/h10-12H,7-9H2,1-6H3,(H,27,33)(H,29,30). The summed E-state index contributed by atoms with van der Waals surface area (Å²) in [6, 6.07) is 3.86. The number of carbonyl (C=O) groups is 1. The van der Waals surface area contributed by atoms with Gasteiger partial charge in [-0.2, -0.15) is 5.26 Å². The molecule has 0 saturated carbocycles. The molecule has 3 heterocycles. The number of ether oxygens (including phenoxy) is 2. The minimum atomic E-state index is -0.568. The molecule has 0 unspecified atom stereocenters. The van der Waals surface area contributed by atoms with E-state index in [9.17, 15) is 10.1 Å². The van der Waals surface area contributed by atoms with Crippen LogP contribution in [0.15, 0.2) is 22.9 Å². The number of hydrogen-bond acceptors (Lipinski definition) is 9. The lowest BCUT2D eigenvalue weighted by Gasteiger charge is -2.19. The SMILES string of the molecule is COc1cc2c(cc1-c1c(C)noc1C)ncc1nc(NC#N)n(CCCNC(=O)OC(C)(C)C)c12. The molecular weight excluding hydrogens is 462 g/mol. The van der Waals surface area contributed by atoms with Crippen LogP contribution < -0.4 is 15.4 Å². The van der Waals surface area contributed by atoms with Crippen LogP contribution in [0.3, 0.4) is 0 Å². The molecule has 11 heteroatoms. The van der Waals surface area contributed by atoms with Gasteiger partial charge in [-0.25, -0.2) is 9.78 Å². The third-order valence-corrected chi connectivity index (χ3v) is 5.59. The van der Waals surface area contributed by atoms with Gasteiger partial charge >= 0.3 is 6.09 Å². The van der Waals surface area contributed by atoms with Crippen LogP contribution in [0.1, 0.15) is 38.6 Å². The molecule has 0 aliphatic rings. The fourth-order valence-corrected chi connectivity index (χ4v) is 4.18. The first-order valence-electron chi connectivity index (χ1n) is 11.5. The Bertz CT molecular complexity index is 1450. The van der Waals surface area contributed by atoms with E-state index >= 15 is 0 Å². The molecule has 0 radical (unpaired) electrons. The maximum absolute atomic E-state index is 12.0. The summed E-state index contributed by atoms with van der Waals surface area (Å²) >= 11 is 0. The van der Waals surface area contributed by atoms with Crippen LogP contribution in [0.2, 0.25) is 0 Å². The second kappa shape index (κ2) is 9.73. The van der Waals surface area contributed by atoms with Crippen molar-refractivity contribution in [3.05, 3.63) is 29.8 Å². The van der Waals surface area contributed by atoms with Crippen LogP contribution >= 0.6 is 0 Å². The van der Waals surface area contributed by atoms with E-state index in [4.69, 9.17) is 14.0 Å². The van der Waals surface area contributed by atoms with Gasteiger partial charge in [0.1, 0.15) is 22.6 Å². The van der Waals surface area contributed by atoms with Crippen molar-refractivity contribution < 1.29 is 18.8 Å². The highest BCUT2D eigenvalue weighted by Gasteiger charge is 2.21. The number of pyridine rings is 1. The molecule has 0 bridgehead atoms. The van der Waals surface area contributed by atoms with E-state index < -0.39 is 11.7 Å². The molecule has 0 atom stereocenters. The van der Waals surface area contributed by atoms with Gasteiger partial charge in [-0.1, -0.05) is 5.16 Å². The molecule has 0 aliphatic carbocycles. The molecule has 11 nitrogen and oxygen atoms in total. The first-order valence-corrected chi connectivity index (χ1v) is 11.5. The number of aryl methyl sites for hydroxylation is 3. The van der Waals surface area contributed by atoms with Gasteiger partial charge in [-0.3, -0.25) is 10.3 Å². The van der Waals surface area contributed by atoms with Crippen LogP contribution in [0.5, 0.6) is 5.75 Å². The number of anilines is 1. The molecule has 4 rings (SSSR count). The predicted molar refractivity (Wildman–Crippen MR) is 135 cm³/mol. The van der Waals surface area contributed by atoms with Crippen molar-refractivity contribution in [2.45, 2.75) is 53.2 Å². The summed E-state index contributed by atoms with van der Waals surface area (Å²) in [5.41, 5.74) is 4.05. The second-order valence-corrected chi connectivity index (χ2v) is 9.37. The maximum atomic E-state index is 12.0. The minimum absolute atomic E-state index is 0.392. The molecule has 4 aromatic rings. The second-order valence-electron chi connectivity index (χ2n) is 9.37. The number of methoxy groups -OCH3 is 1. The fraction of sp³-hybridized carbons (Fsp3) is 0.400. The Morgan fingerprint density at radius 3 is 2.67 bits per heavy atom. The summed E-state index contributed by atoms with van der Waals surface area (Å²) in [6.45, 7) is 10.1. The van der Waals surface area contributed by atoms with Crippen molar-refractivity contribution >= 4 is 34.0 Å². The maximum Gasteiger partial charge on any atom is 0.407 e. The smallest absolute Gasteiger partial charge is 0.407 e. The zero-order valence-corrected chi connectivity index (χ0v) is 21.2. The van der Waals surface area contributed by atoms with Gasteiger partial charge in [0.25, 0.3) is 0 Å². The number of aromatic nitrogens is 4. The molecule has 2 N–H and O–H groups in total. The van der Waals surface area contributed by atoms with Crippen LogP contribution in [0.25, 0.3) is 33.1 Å². The Hall–Kier alpha value is -4.33. The molecule has 0 spiro atoms.